The van der Waals surface area contributed by atoms with Crippen molar-refractivity contribution in [3.8, 4) is 0 Å². The predicted octanol–water partition coefficient (Wildman–Crippen LogP) is 3.25. The van der Waals surface area contributed by atoms with E-state index in [-0.39, 0.29) is 10.2 Å². The van der Waals surface area contributed by atoms with Crippen molar-refractivity contribution in [2.24, 2.45) is 0 Å². The SMILES string of the molecule is CC(C)(C)Sc1cc(N)nc(C(C)(C)C)n1. The lowest BCUT2D eigenvalue weighted by Crippen LogP contribution is -2.18. The second-order valence-electron chi connectivity index (χ2n) is 5.92. The smallest absolute Gasteiger partial charge is 0.137 e. The van der Waals surface area contributed by atoms with Gasteiger partial charge in [0.2, 0.25) is 0 Å². The summed E-state index contributed by atoms with van der Waals surface area (Å²) < 4.78 is 0.135. The molecular formula is C12H21N3S. The second kappa shape index (κ2) is 4.24. The van der Waals surface area contributed by atoms with Gasteiger partial charge in [0.1, 0.15) is 16.7 Å². The first-order chi connectivity index (χ1) is 7.08. The number of nitrogen functional groups attached to an aromatic ring is 1. The highest BCUT2D eigenvalue weighted by molar-refractivity contribution is 8.00. The maximum Gasteiger partial charge on any atom is 0.137 e. The molecule has 0 bridgehead atoms. The first-order valence-corrected chi connectivity index (χ1v) is 6.24. The van der Waals surface area contributed by atoms with Crippen LogP contribution in [0.1, 0.15) is 47.4 Å². The van der Waals surface area contributed by atoms with Gasteiger partial charge in [0.25, 0.3) is 0 Å². The van der Waals surface area contributed by atoms with E-state index in [9.17, 15) is 0 Å². The Balaban J connectivity index is 3.09. The largest absolute Gasteiger partial charge is 0.384 e. The maximum absolute atomic E-state index is 5.81. The third-order valence-corrected chi connectivity index (χ3v) is 2.83. The Kier molecular flexibility index (Phi) is 3.53. The Morgan fingerprint density at radius 3 is 2.06 bits per heavy atom. The molecule has 16 heavy (non-hydrogen) atoms. The monoisotopic (exact) mass is 239 g/mol. The van der Waals surface area contributed by atoms with Crippen LogP contribution in [0.25, 0.3) is 0 Å². The van der Waals surface area contributed by atoms with E-state index in [1.807, 2.05) is 6.07 Å². The minimum absolute atomic E-state index is 0.0669. The van der Waals surface area contributed by atoms with E-state index in [0.29, 0.717) is 5.82 Å². The summed E-state index contributed by atoms with van der Waals surface area (Å²) in [5.41, 5.74) is 5.74. The van der Waals surface area contributed by atoms with E-state index < -0.39 is 0 Å². The van der Waals surface area contributed by atoms with Gasteiger partial charge in [-0.1, -0.05) is 41.5 Å². The summed E-state index contributed by atoms with van der Waals surface area (Å²) in [7, 11) is 0. The van der Waals surface area contributed by atoms with E-state index in [2.05, 4.69) is 51.5 Å². The van der Waals surface area contributed by atoms with Crippen LogP contribution in [-0.4, -0.2) is 14.7 Å². The van der Waals surface area contributed by atoms with Gasteiger partial charge in [-0.3, -0.25) is 0 Å². The van der Waals surface area contributed by atoms with Gasteiger partial charge in [0, 0.05) is 16.2 Å². The molecule has 0 atom stereocenters. The van der Waals surface area contributed by atoms with Crippen LogP contribution in [0, 0.1) is 0 Å². The molecule has 0 unspecified atom stereocenters. The summed E-state index contributed by atoms with van der Waals surface area (Å²) in [6.07, 6.45) is 0. The second-order valence-corrected chi connectivity index (χ2v) is 7.77. The molecule has 0 aliphatic heterocycles. The van der Waals surface area contributed by atoms with Crippen molar-refractivity contribution < 1.29 is 0 Å². The molecule has 0 aliphatic carbocycles. The van der Waals surface area contributed by atoms with E-state index in [4.69, 9.17) is 5.73 Å². The molecule has 0 aromatic carbocycles. The van der Waals surface area contributed by atoms with Crippen LogP contribution < -0.4 is 5.73 Å². The molecule has 2 N–H and O–H groups in total. The molecule has 0 saturated heterocycles. The van der Waals surface area contributed by atoms with Crippen molar-refractivity contribution in [3.63, 3.8) is 0 Å². The maximum atomic E-state index is 5.81. The van der Waals surface area contributed by atoms with E-state index >= 15 is 0 Å². The summed E-state index contributed by atoms with van der Waals surface area (Å²) in [5.74, 6) is 1.35. The van der Waals surface area contributed by atoms with Gasteiger partial charge in [-0.05, 0) is 0 Å². The van der Waals surface area contributed by atoms with E-state index in [1.165, 1.54) is 0 Å². The molecule has 0 radical (unpaired) electrons. The number of nitrogens with two attached hydrogens (primary N) is 1. The lowest BCUT2D eigenvalue weighted by molar-refractivity contribution is 0.539. The standard InChI is InChI=1S/C12H21N3S/c1-11(2,3)10-14-8(13)7-9(15-10)16-12(4,5)6/h7H,1-6H3,(H2,13,14,15). The van der Waals surface area contributed by atoms with Gasteiger partial charge in [-0.2, -0.15) is 0 Å². The fourth-order valence-corrected chi connectivity index (χ4v) is 2.08. The Morgan fingerprint density at radius 1 is 1.06 bits per heavy atom. The third kappa shape index (κ3) is 4.00. The Hall–Kier alpha value is -0.770. The molecule has 1 aromatic heterocycles. The van der Waals surface area contributed by atoms with Gasteiger partial charge >= 0.3 is 0 Å². The molecule has 0 saturated carbocycles. The Morgan fingerprint density at radius 2 is 1.62 bits per heavy atom. The number of hydrogen-bond donors (Lipinski definition) is 1. The van der Waals surface area contributed by atoms with Crippen molar-refractivity contribution in [1.82, 2.24) is 9.97 Å². The van der Waals surface area contributed by atoms with Crippen molar-refractivity contribution in [1.29, 1.82) is 0 Å². The summed E-state index contributed by atoms with van der Waals surface area (Å²) in [4.78, 5) is 8.85. The Labute approximate surface area is 102 Å². The molecule has 3 nitrogen and oxygen atoms in total. The van der Waals surface area contributed by atoms with Crippen molar-refractivity contribution in [2.75, 3.05) is 5.73 Å². The molecule has 0 fully saturated rings. The highest BCUT2D eigenvalue weighted by Crippen LogP contribution is 2.32. The number of nitrogens with zero attached hydrogens (tertiary/aromatic N) is 2. The van der Waals surface area contributed by atoms with Crippen LogP contribution in [0.15, 0.2) is 11.1 Å². The Bertz CT molecular complexity index is 375. The van der Waals surface area contributed by atoms with Crippen LogP contribution in [-0.2, 0) is 5.41 Å². The summed E-state index contributed by atoms with van der Waals surface area (Å²) in [6.45, 7) is 12.8. The highest BCUT2D eigenvalue weighted by atomic mass is 32.2. The van der Waals surface area contributed by atoms with Gasteiger partial charge in [0.05, 0.1) is 0 Å². The number of thioether (sulfide) groups is 1. The summed E-state index contributed by atoms with van der Waals surface area (Å²) in [5, 5.41) is 0.949. The highest BCUT2D eigenvalue weighted by Gasteiger charge is 2.20. The average Bonchev–Trinajstić information content (AvgIpc) is 1.97. The zero-order valence-corrected chi connectivity index (χ0v) is 11.8. The molecule has 1 rings (SSSR count). The van der Waals surface area contributed by atoms with Crippen LogP contribution in [0.2, 0.25) is 0 Å². The minimum Gasteiger partial charge on any atom is -0.384 e. The number of anilines is 1. The van der Waals surface area contributed by atoms with Crippen LogP contribution >= 0.6 is 11.8 Å². The number of hydrogen-bond acceptors (Lipinski definition) is 4. The van der Waals surface area contributed by atoms with E-state index in [0.717, 1.165) is 10.9 Å². The van der Waals surface area contributed by atoms with Crippen molar-refractivity contribution >= 4 is 17.6 Å². The van der Waals surface area contributed by atoms with Gasteiger partial charge in [-0.25, -0.2) is 9.97 Å². The molecule has 4 heteroatoms. The molecule has 1 aromatic rings. The topological polar surface area (TPSA) is 51.8 Å². The van der Waals surface area contributed by atoms with Gasteiger partial charge in [0.15, 0.2) is 0 Å². The van der Waals surface area contributed by atoms with E-state index in [1.54, 1.807) is 11.8 Å². The summed E-state index contributed by atoms with van der Waals surface area (Å²) in [6, 6.07) is 1.84. The molecule has 0 aliphatic rings. The molecule has 0 spiro atoms. The zero-order valence-electron chi connectivity index (χ0n) is 11.0. The van der Waals surface area contributed by atoms with Crippen LogP contribution in [0.3, 0.4) is 0 Å². The fraction of sp³-hybridized carbons (Fsp3) is 0.667. The van der Waals surface area contributed by atoms with Crippen molar-refractivity contribution in [3.05, 3.63) is 11.9 Å². The molecular weight excluding hydrogens is 218 g/mol. The van der Waals surface area contributed by atoms with Gasteiger partial charge < -0.3 is 5.73 Å². The minimum atomic E-state index is -0.0669. The predicted molar refractivity (Wildman–Crippen MR) is 70.8 cm³/mol. The average molecular weight is 239 g/mol. The molecule has 90 valence electrons. The first kappa shape index (κ1) is 13.3. The normalized spacial score (nSPS) is 12.9. The quantitative estimate of drug-likeness (QED) is 0.604. The lowest BCUT2D eigenvalue weighted by Gasteiger charge is -2.20. The first-order valence-electron chi connectivity index (χ1n) is 5.42. The van der Waals surface area contributed by atoms with Gasteiger partial charge in [-0.15, -0.1) is 11.8 Å². The summed E-state index contributed by atoms with van der Waals surface area (Å²) >= 11 is 1.71. The zero-order chi connectivity index (χ0) is 12.6. The fourth-order valence-electron chi connectivity index (χ4n) is 1.14. The lowest BCUT2D eigenvalue weighted by atomic mass is 9.96. The van der Waals surface area contributed by atoms with Crippen LogP contribution in [0.5, 0.6) is 0 Å². The molecule has 1 heterocycles. The number of rotatable bonds is 1. The van der Waals surface area contributed by atoms with Crippen molar-refractivity contribution in [2.45, 2.75) is 56.7 Å². The third-order valence-electron chi connectivity index (χ3n) is 1.80. The molecule has 0 amide bonds. The number of aromatic nitrogens is 2. The van der Waals surface area contributed by atoms with Crippen LogP contribution in [0.4, 0.5) is 5.82 Å².